The Morgan fingerprint density at radius 3 is 2.32 bits per heavy atom. The molecule has 0 saturated heterocycles. The van der Waals surface area contributed by atoms with Crippen molar-refractivity contribution in [3.63, 3.8) is 0 Å². The molecule has 0 saturated carbocycles. The average molecular weight is 294 g/mol. The van der Waals surface area contributed by atoms with Crippen LogP contribution >= 0.6 is 0 Å². The first-order chi connectivity index (χ1) is 10.6. The molecule has 22 heavy (non-hydrogen) atoms. The van der Waals surface area contributed by atoms with E-state index in [0.29, 0.717) is 11.8 Å². The molecule has 0 aliphatic heterocycles. The molecule has 2 aromatic carbocycles. The summed E-state index contributed by atoms with van der Waals surface area (Å²) in [5.41, 5.74) is 9.42. The molecule has 0 aliphatic carbocycles. The van der Waals surface area contributed by atoms with Crippen molar-refractivity contribution in [3.8, 4) is 0 Å². The van der Waals surface area contributed by atoms with Crippen LogP contribution in [0.1, 0.15) is 22.7 Å². The van der Waals surface area contributed by atoms with Crippen LogP contribution in [0.3, 0.4) is 0 Å². The fourth-order valence-corrected chi connectivity index (χ4v) is 1.97. The normalized spacial score (nSPS) is 12.1. The van der Waals surface area contributed by atoms with Gasteiger partial charge in [-0.3, -0.25) is 9.59 Å². The third-order valence-electron chi connectivity index (χ3n) is 3.26. The summed E-state index contributed by atoms with van der Waals surface area (Å²) >= 11 is 0. The van der Waals surface area contributed by atoms with E-state index in [1.165, 1.54) is 6.08 Å². The zero-order chi connectivity index (χ0) is 15.9. The van der Waals surface area contributed by atoms with Crippen molar-refractivity contribution in [1.82, 2.24) is 0 Å². The molecule has 1 unspecified atom stereocenters. The average Bonchev–Trinajstić information content (AvgIpc) is 2.55. The summed E-state index contributed by atoms with van der Waals surface area (Å²) < 4.78 is 0. The summed E-state index contributed by atoms with van der Waals surface area (Å²) in [6.45, 7) is 1.98. The van der Waals surface area contributed by atoms with E-state index in [0.717, 1.165) is 16.8 Å². The molecular weight excluding hydrogens is 276 g/mol. The predicted octanol–water partition coefficient (Wildman–Crippen LogP) is 2.85. The van der Waals surface area contributed by atoms with Crippen molar-refractivity contribution in [1.29, 1.82) is 0 Å². The van der Waals surface area contributed by atoms with Crippen LogP contribution in [0.15, 0.2) is 54.6 Å². The fourth-order valence-electron chi connectivity index (χ4n) is 1.97. The van der Waals surface area contributed by atoms with E-state index >= 15 is 0 Å². The maximum absolute atomic E-state index is 12.2. The first kappa shape index (κ1) is 15.7. The minimum atomic E-state index is -0.745. The molecule has 1 atom stereocenters. The highest BCUT2D eigenvalue weighted by atomic mass is 16.2. The highest BCUT2D eigenvalue weighted by Crippen LogP contribution is 2.16. The van der Waals surface area contributed by atoms with Gasteiger partial charge in [0.2, 0.25) is 5.91 Å². The van der Waals surface area contributed by atoms with E-state index < -0.39 is 6.04 Å². The van der Waals surface area contributed by atoms with Gasteiger partial charge in [0.1, 0.15) is 12.3 Å². The largest absolute Gasteiger partial charge is 0.324 e. The maximum atomic E-state index is 12.2. The smallest absolute Gasteiger partial charge is 0.245 e. The Morgan fingerprint density at radius 2 is 1.73 bits per heavy atom. The standard InChI is InChI=1S/C18H18N2O2/c1-13-4-10-16(11-5-13)20-18(22)17(19)15-8-6-14(7-9-15)3-2-12-21/h2-12,17H,19H2,1H3,(H,20,22)/b3-2+. The van der Waals surface area contributed by atoms with Crippen LogP contribution in [0.2, 0.25) is 0 Å². The van der Waals surface area contributed by atoms with Crippen LogP contribution in [0, 0.1) is 6.92 Å². The Labute approximate surface area is 129 Å². The van der Waals surface area contributed by atoms with E-state index in [4.69, 9.17) is 5.73 Å². The molecule has 0 spiro atoms. The Morgan fingerprint density at radius 1 is 1.09 bits per heavy atom. The molecule has 2 rings (SSSR count). The lowest BCUT2D eigenvalue weighted by Gasteiger charge is -2.13. The molecule has 0 radical (unpaired) electrons. The summed E-state index contributed by atoms with van der Waals surface area (Å²) in [7, 11) is 0. The molecule has 0 aliphatic rings. The number of nitrogens with one attached hydrogen (secondary N) is 1. The predicted molar refractivity (Wildman–Crippen MR) is 88.3 cm³/mol. The molecule has 0 aromatic heterocycles. The van der Waals surface area contributed by atoms with Gasteiger partial charge in [0, 0.05) is 5.69 Å². The number of rotatable bonds is 5. The van der Waals surface area contributed by atoms with Gasteiger partial charge in [-0.25, -0.2) is 0 Å². The van der Waals surface area contributed by atoms with Gasteiger partial charge in [-0.15, -0.1) is 0 Å². The first-order valence-corrected chi connectivity index (χ1v) is 6.95. The number of aryl methyl sites for hydroxylation is 1. The summed E-state index contributed by atoms with van der Waals surface area (Å²) in [6, 6.07) is 14.0. The van der Waals surface area contributed by atoms with Crippen molar-refractivity contribution >= 4 is 24.0 Å². The number of benzene rings is 2. The zero-order valence-corrected chi connectivity index (χ0v) is 12.3. The van der Waals surface area contributed by atoms with Gasteiger partial charge in [-0.2, -0.15) is 0 Å². The number of hydrogen-bond donors (Lipinski definition) is 2. The van der Waals surface area contributed by atoms with E-state index in [-0.39, 0.29) is 5.91 Å². The molecule has 4 heteroatoms. The molecule has 112 valence electrons. The van der Waals surface area contributed by atoms with Crippen molar-refractivity contribution in [2.75, 3.05) is 5.32 Å². The van der Waals surface area contributed by atoms with Crippen molar-refractivity contribution in [3.05, 3.63) is 71.3 Å². The van der Waals surface area contributed by atoms with Gasteiger partial charge in [0.25, 0.3) is 0 Å². The van der Waals surface area contributed by atoms with E-state index in [1.807, 2.05) is 43.3 Å². The molecular formula is C18H18N2O2. The second-order valence-corrected chi connectivity index (χ2v) is 4.99. The van der Waals surface area contributed by atoms with E-state index in [2.05, 4.69) is 5.32 Å². The molecule has 2 aromatic rings. The SMILES string of the molecule is Cc1ccc(NC(=O)C(N)c2ccc(/C=C/C=O)cc2)cc1. The van der Waals surface area contributed by atoms with Crippen molar-refractivity contribution in [2.24, 2.45) is 5.73 Å². The second kappa shape index (κ2) is 7.33. The molecule has 4 nitrogen and oxygen atoms in total. The van der Waals surface area contributed by atoms with Gasteiger partial charge in [-0.05, 0) is 36.3 Å². The van der Waals surface area contributed by atoms with Gasteiger partial charge >= 0.3 is 0 Å². The highest BCUT2D eigenvalue weighted by molar-refractivity contribution is 5.95. The van der Waals surface area contributed by atoms with Crippen LogP contribution in [-0.2, 0) is 9.59 Å². The lowest BCUT2D eigenvalue weighted by Crippen LogP contribution is -2.27. The van der Waals surface area contributed by atoms with Gasteiger partial charge in [0.15, 0.2) is 0 Å². The number of aldehydes is 1. The summed E-state index contributed by atoms with van der Waals surface area (Å²) in [4.78, 5) is 22.4. The third kappa shape index (κ3) is 4.14. The van der Waals surface area contributed by atoms with Gasteiger partial charge in [-0.1, -0.05) is 48.0 Å². The van der Waals surface area contributed by atoms with Gasteiger partial charge < -0.3 is 11.1 Å². The number of amides is 1. The van der Waals surface area contributed by atoms with Crippen LogP contribution in [-0.4, -0.2) is 12.2 Å². The Bertz CT molecular complexity index is 673. The minimum absolute atomic E-state index is 0.264. The Balaban J connectivity index is 2.05. The van der Waals surface area contributed by atoms with Crippen molar-refractivity contribution < 1.29 is 9.59 Å². The number of hydrogen-bond acceptors (Lipinski definition) is 3. The lowest BCUT2D eigenvalue weighted by atomic mass is 10.0. The fraction of sp³-hybridized carbons (Fsp3) is 0.111. The summed E-state index contributed by atoms with van der Waals surface area (Å²) in [5.74, 6) is -0.264. The summed E-state index contributed by atoms with van der Waals surface area (Å²) in [6.07, 6.45) is 3.82. The second-order valence-electron chi connectivity index (χ2n) is 4.99. The third-order valence-corrected chi connectivity index (χ3v) is 3.26. The van der Waals surface area contributed by atoms with E-state index in [9.17, 15) is 9.59 Å². The number of carbonyl (C=O) groups excluding carboxylic acids is 2. The number of nitrogens with two attached hydrogens (primary N) is 1. The van der Waals surface area contributed by atoms with Gasteiger partial charge in [0.05, 0.1) is 0 Å². The Kier molecular flexibility index (Phi) is 5.22. The number of carbonyl (C=O) groups is 2. The van der Waals surface area contributed by atoms with Crippen LogP contribution in [0.25, 0.3) is 6.08 Å². The molecule has 3 N–H and O–H groups in total. The lowest BCUT2D eigenvalue weighted by molar-refractivity contribution is -0.117. The Hall–Kier alpha value is -2.72. The first-order valence-electron chi connectivity index (χ1n) is 6.95. The quantitative estimate of drug-likeness (QED) is 0.658. The van der Waals surface area contributed by atoms with E-state index in [1.54, 1.807) is 18.2 Å². The molecule has 0 fully saturated rings. The molecule has 0 bridgehead atoms. The zero-order valence-electron chi connectivity index (χ0n) is 12.3. The number of anilines is 1. The van der Waals surface area contributed by atoms with Crippen LogP contribution in [0.5, 0.6) is 0 Å². The summed E-state index contributed by atoms with van der Waals surface area (Å²) in [5, 5.41) is 2.79. The highest BCUT2D eigenvalue weighted by Gasteiger charge is 2.15. The monoisotopic (exact) mass is 294 g/mol. The maximum Gasteiger partial charge on any atom is 0.245 e. The van der Waals surface area contributed by atoms with Crippen LogP contribution < -0.4 is 11.1 Å². The van der Waals surface area contributed by atoms with Crippen molar-refractivity contribution in [2.45, 2.75) is 13.0 Å². The molecule has 1 amide bonds. The number of allylic oxidation sites excluding steroid dienone is 1. The minimum Gasteiger partial charge on any atom is -0.324 e. The topological polar surface area (TPSA) is 72.2 Å². The van der Waals surface area contributed by atoms with Crippen LogP contribution in [0.4, 0.5) is 5.69 Å². The molecule has 0 heterocycles.